The van der Waals surface area contributed by atoms with Gasteiger partial charge < -0.3 is 10.1 Å². The van der Waals surface area contributed by atoms with Crippen LogP contribution in [0.2, 0.25) is 0 Å². The Kier molecular flexibility index (Phi) is 4.39. The molecule has 0 aliphatic heterocycles. The van der Waals surface area contributed by atoms with Gasteiger partial charge >= 0.3 is 5.97 Å². The number of hydrogen-bond acceptors (Lipinski definition) is 5. The van der Waals surface area contributed by atoms with E-state index in [2.05, 4.69) is 10.6 Å². The Labute approximate surface area is 126 Å². The quantitative estimate of drug-likeness (QED) is 0.509. The predicted molar refractivity (Wildman–Crippen MR) is 76.7 cm³/mol. The van der Waals surface area contributed by atoms with Crippen molar-refractivity contribution >= 4 is 17.6 Å². The second-order valence-electron chi connectivity index (χ2n) is 5.01. The Balaban J connectivity index is 2.40. The third-order valence-corrected chi connectivity index (χ3v) is 3.90. The lowest BCUT2D eigenvalue weighted by Crippen LogP contribution is -2.58. The van der Waals surface area contributed by atoms with Crippen molar-refractivity contribution in [2.45, 2.75) is 24.8 Å². The number of halogens is 1. The lowest BCUT2D eigenvalue weighted by Gasteiger charge is -2.43. The van der Waals surface area contributed by atoms with Crippen LogP contribution < -0.4 is 10.3 Å². The van der Waals surface area contributed by atoms with E-state index in [1.807, 2.05) is 0 Å². The molecule has 0 bridgehead atoms. The average molecular weight is 309 g/mol. The summed E-state index contributed by atoms with van der Waals surface area (Å²) in [4.78, 5) is 34.7. The molecule has 2 rings (SSSR count). The summed E-state index contributed by atoms with van der Waals surface area (Å²) in [5.41, 5.74) is -1.25. The standard InChI is InChI=1S/C14H16FN3O4/c1-16-12(19)10-5-4-9(8-11(10)15)18(17-21)14(6-3-7-14)13(20)22-2/h4-5,8H,3,6-7H2,1-2H3,(H,16,19). The Morgan fingerprint density at radius 2 is 2.09 bits per heavy atom. The van der Waals surface area contributed by atoms with Gasteiger partial charge in [-0.15, -0.1) is 4.91 Å². The lowest BCUT2D eigenvalue weighted by molar-refractivity contribution is -0.150. The first kappa shape index (κ1) is 15.9. The molecule has 1 aromatic carbocycles. The Bertz CT molecular complexity index is 616. The van der Waals surface area contributed by atoms with E-state index < -0.39 is 23.2 Å². The van der Waals surface area contributed by atoms with E-state index in [1.54, 1.807) is 0 Å². The largest absolute Gasteiger partial charge is 0.467 e. The van der Waals surface area contributed by atoms with Crippen LogP contribution in [0.15, 0.2) is 23.5 Å². The summed E-state index contributed by atoms with van der Waals surface area (Å²) in [6.07, 6.45) is 1.52. The zero-order chi connectivity index (χ0) is 16.3. The molecule has 8 heteroatoms. The lowest BCUT2D eigenvalue weighted by atomic mass is 9.76. The highest BCUT2D eigenvalue weighted by Crippen LogP contribution is 2.42. The number of anilines is 1. The van der Waals surface area contributed by atoms with Crippen molar-refractivity contribution in [2.24, 2.45) is 5.29 Å². The molecule has 118 valence electrons. The SMILES string of the molecule is CNC(=O)c1ccc(N(N=O)C2(C(=O)OC)CCC2)cc1F. The molecule has 1 aliphatic rings. The van der Waals surface area contributed by atoms with Crippen LogP contribution in [0.3, 0.4) is 0 Å². The van der Waals surface area contributed by atoms with E-state index in [4.69, 9.17) is 4.74 Å². The van der Waals surface area contributed by atoms with Crippen molar-refractivity contribution in [1.29, 1.82) is 0 Å². The number of rotatable bonds is 5. The van der Waals surface area contributed by atoms with Crippen molar-refractivity contribution in [3.8, 4) is 0 Å². The van der Waals surface area contributed by atoms with Gasteiger partial charge in [0.25, 0.3) is 5.91 Å². The van der Waals surface area contributed by atoms with Crippen molar-refractivity contribution in [3.63, 3.8) is 0 Å². The number of carbonyl (C=O) groups is 2. The Morgan fingerprint density at radius 1 is 1.41 bits per heavy atom. The molecule has 1 saturated carbocycles. The molecule has 0 aromatic heterocycles. The molecule has 1 aromatic rings. The highest BCUT2D eigenvalue weighted by molar-refractivity contribution is 5.95. The Hall–Kier alpha value is -2.51. The molecule has 0 heterocycles. The van der Waals surface area contributed by atoms with Gasteiger partial charge in [-0.1, -0.05) is 0 Å². The molecule has 0 spiro atoms. The summed E-state index contributed by atoms with van der Waals surface area (Å²) in [6.45, 7) is 0. The fourth-order valence-corrected chi connectivity index (χ4v) is 2.53. The third-order valence-electron chi connectivity index (χ3n) is 3.90. The number of esters is 1. The number of benzene rings is 1. The number of amides is 1. The van der Waals surface area contributed by atoms with Gasteiger partial charge in [0.1, 0.15) is 5.82 Å². The summed E-state index contributed by atoms with van der Waals surface area (Å²) >= 11 is 0. The summed E-state index contributed by atoms with van der Waals surface area (Å²) in [7, 11) is 2.61. The van der Waals surface area contributed by atoms with Gasteiger partial charge in [0.15, 0.2) is 5.54 Å². The second kappa shape index (κ2) is 6.08. The minimum atomic E-state index is -1.20. The van der Waals surface area contributed by atoms with Crippen molar-refractivity contribution < 1.29 is 18.7 Å². The van der Waals surface area contributed by atoms with E-state index in [0.717, 1.165) is 17.5 Å². The minimum Gasteiger partial charge on any atom is -0.467 e. The molecule has 0 radical (unpaired) electrons. The predicted octanol–water partition coefficient (Wildman–Crippen LogP) is 1.77. The maximum atomic E-state index is 14.0. The summed E-state index contributed by atoms with van der Waals surface area (Å²) in [5, 5.41) is 6.12. The summed E-state index contributed by atoms with van der Waals surface area (Å²) in [6, 6.07) is 3.62. The van der Waals surface area contributed by atoms with E-state index >= 15 is 0 Å². The normalized spacial score (nSPS) is 15.4. The smallest absolute Gasteiger partial charge is 0.333 e. The van der Waals surface area contributed by atoms with Crippen molar-refractivity contribution in [3.05, 3.63) is 34.5 Å². The molecule has 1 aliphatic carbocycles. The number of carbonyl (C=O) groups excluding carboxylic acids is 2. The third kappa shape index (κ3) is 2.40. The zero-order valence-corrected chi connectivity index (χ0v) is 12.3. The van der Waals surface area contributed by atoms with Crippen LogP contribution in [0, 0.1) is 10.7 Å². The van der Waals surface area contributed by atoms with E-state index in [1.165, 1.54) is 26.3 Å². The highest BCUT2D eigenvalue weighted by Gasteiger charge is 2.52. The van der Waals surface area contributed by atoms with Gasteiger partial charge in [-0.2, -0.15) is 0 Å². The molecular formula is C14H16FN3O4. The van der Waals surface area contributed by atoms with Gasteiger partial charge in [0.05, 0.1) is 23.6 Å². The number of hydrogen-bond donors (Lipinski definition) is 1. The summed E-state index contributed by atoms with van der Waals surface area (Å²) < 4.78 is 18.8. The van der Waals surface area contributed by atoms with Crippen molar-refractivity contribution in [2.75, 3.05) is 19.2 Å². The van der Waals surface area contributed by atoms with Crippen LogP contribution >= 0.6 is 0 Å². The maximum Gasteiger partial charge on any atom is 0.333 e. The molecule has 0 unspecified atom stereocenters. The van der Waals surface area contributed by atoms with Gasteiger partial charge in [0, 0.05) is 13.1 Å². The van der Waals surface area contributed by atoms with E-state index in [0.29, 0.717) is 12.8 Å². The van der Waals surface area contributed by atoms with E-state index in [-0.39, 0.29) is 11.3 Å². The summed E-state index contributed by atoms with van der Waals surface area (Å²) in [5.74, 6) is -1.97. The second-order valence-corrected chi connectivity index (χ2v) is 5.01. The number of nitrogens with zero attached hydrogens (tertiary/aromatic N) is 2. The molecule has 7 nitrogen and oxygen atoms in total. The number of methoxy groups -OCH3 is 1. The van der Waals surface area contributed by atoms with Crippen LogP contribution in [0.4, 0.5) is 10.1 Å². The van der Waals surface area contributed by atoms with Gasteiger partial charge in [0.2, 0.25) is 0 Å². The first-order valence-corrected chi connectivity index (χ1v) is 6.73. The maximum absolute atomic E-state index is 14.0. The number of nitrogens with one attached hydrogen (secondary N) is 1. The topological polar surface area (TPSA) is 88.1 Å². The van der Waals surface area contributed by atoms with Gasteiger partial charge in [-0.25, -0.2) is 14.2 Å². The molecule has 22 heavy (non-hydrogen) atoms. The monoisotopic (exact) mass is 309 g/mol. The van der Waals surface area contributed by atoms with E-state index in [9.17, 15) is 18.9 Å². The first-order valence-electron chi connectivity index (χ1n) is 6.73. The fraction of sp³-hybridized carbons (Fsp3) is 0.429. The molecule has 1 amide bonds. The van der Waals surface area contributed by atoms with Crippen LogP contribution in [0.25, 0.3) is 0 Å². The molecule has 0 atom stereocenters. The number of nitroso groups, excluding NO2 is 1. The molecular weight excluding hydrogens is 293 g/mol. The van der Waals surface area contributed by atoms with Gasteiger partial charge in [-0.3, -0.25) is 4.79 Å². The highest BCUT2D eigenvalue weighted by atomic mass is 19.1. The zero-order valence-electron chi connectivity index (χ0n) is 12.3. The molecule has 1 fully saturated rings. The first-order chi connectivity index (χ1) is 10.5. The van der Waals surface area contributed by atoms with Crippen LogP contribution in [-0.2, 0) is 9.53 Å². The van der Waals surface area contributed by atoms with Gasteiger partial charge in [-0.05, 0) is 31.4 Å². The minimum absolute atomic E-state index is 0.102. The number of ether oxygens (including phenoxy) is 1. The molecule has 1 N–H and O–H groups in total. The van der Waals surface area contributed by atoms with Crippen molar-refractivity contribution in [1.82, 2.24) is 5.32 Å². The van der Waals surface area contributed by atoms with Crippen LogP contribution in [-0.4, -0.2) is 31.6 Å². The fourth-order valence-electron chi connectivity index (χ4n) is 2.53. The molecule has 0 saturated heterocycles. The average Bonchev–Trinajstić information content (AvgIpc) is 2.49. The van der Waals surface area contributed by atoms with Crippen LogP contribution in [0.1, 0.15) is 29.6 Å². The van der Waals surface area contributed by atoms with Crippen LogP contribution in [0.5, 0.6) is 0 Å². The Morgan fingerprint density at radius 3 is 2.50 bits per heavy atom.